The summed E-state index contributed by atoms with van der Waals surface area (Å²) in [5, 5.41) is 0.347. The molecule has 0 bridgehead atoms. The lowest BCUT2D eigenvalue weighted by Gasteiger charge is -2.03. The van der Waals surface area contributed by atoms with Crippen LogP contribution < -0.4 is 0 Å². The van der Waals surface area contributed by atoms with Crippen LogP contribution in [0.3, 0.4) is 0 Å². The van der Waals surface area contributed by atoms with Crippen LogP contribution in [0.2, 0.25) is 10.3 Å². The Balaban J connectivity index is 3.23. The van der Waals surface area contributed by atoms with E-state index >= 15 is 0 Å². The van der Waals surface area contributed by atoms with Gasteiger partial charge in [-0.3, -0.25) is 0 Å². The van der Waals surface area contributed by atoms with Gasteiger partial charge in [0.1, 0.15) is 10.3 Å². The fourth-order valence-corrected chi connectivity index (χ4v) is 1.22. The first-order valence-corrected chi connectivity index (χ1v) is 4.22. The normalized spacial score (nSPS) is 9.85. The van der Waals surface area contributed by atoms with Gasteiger partial charge in [-0.2, -0.15) is 0 Å². The molecule has 5 heteroatoms. The molecule has 0 saturated carbocycles. The molecule has 13 heavy (non-hydrogen) atoms. The molecule has 0 unspecified atom stereocenters. The van der Waals surface area contributed by atoms with Gasteiger partial charge in [0.2, 0.25) is 0 Å². The smallest absolute Gasteiger partial charge is 0.341 e. The van der Waals surface area contributed by atoms with Crippen LogP contribution in [0.4, 0.5) is 0 Å². The number of nitrogens with zero attached hydrogens (tertiary/aromatic N) is 1. The number of aromatic nitrogens is 1. The van der Waals surface area contributed by atoms with Gasteiger partial charge >= 0.3 is 5.97 Å². The molecule has 0 saturated heterocycles. The monoisotopic (exact) mass is 219 g/mol. The van der Waals surface area contributed by atoms with Crippen LogP contribution in [0.25, 0.3) is 0 Å². The predicted molar refractivity (Wildman–Crippen MR) is 50.3 cm³/mol. The number of hydrogen-bond acceptors (Lipinski definition) is 3. The van der Waals surface area contributed by atoms with Crippen LogP contribution in [-0.4, -0.2) is 18.1 Å². The second kappa shape index (κ2) is 3.94. The average molecular weight is 220 g/mol. The van der Waals surface area contributed by atoms with E-state index in [1.807, 2.05) is 0 Å². The van der Waals surface area contributed by atoms with E-state index in [1.165, 1.54) is 7.11 Å². The Hall–Kier alpha value is -0.800. The van der Waals surface area contributed by atoms with E-state index in [0.29, 0.717) is 5.56 Å². The molecule has 1 aromatic rings. The van der Waals surface area contributed by atoms with Crippen LogP contribution in [0.15, 0.2) is 6.07 Å². The summed E-state index contributed by atoms with van der Waals surface area (Å²) >= 11 is 11.4. The van der Waals surface area contributed by atoms with Crippen molar-refractivity contribution in [2.75, 3.05) is 7.11 Å². The third-order valence-corrected chi connectivity index (χ3v) is 2.18. The second-order valence-electron chi connectivity index (χ2n) is 2.43. The molecule has 70 valence electrons. The SMILES string of the molecule is COC(=O)c1cc(C)c(Cl)nc1Cl. The van der Waals surface area contributed by atoms with Gasteiger partial charge in [-0.25, -0.2) is 9.78 Å². The fraction of sp³-hybridized carbons (Fsp3) is 0.250. The Labute approximate surface area is 85.6 Å². The quantitative estimate of drug-likeness (QED) is 0.539. The van der Waals surface area contributed by atoms with Gasteiger partial charge < -0.3 is 4.74 Å². The Kier molecular flexibility index (Phi) is 3.12. The van der Waals surface area contributed by atoms with Crippen molar-refractivity contribution < 1.29 is 9.53 Å². The molecule has 0 radical (unpaired) electrons. The first kappa shape index (κ1) is 10.3. The molecule has 0 aromatic carbocycles. The molecule has 1 heterocycles. The first-order chi connectivity index (χ1) is 6.06. The summed E-state index contributed by atoms with van der Waals surface area (Å²) in [5.41, 5.74) is 0.914. The van der Waals surface area contributed by atoms with E-state index in [4.69, 9.17) is 23.2 Å². The number of rotatable bonds is 1. The molecular formula is C8H7Cl2NO2. The fourth-order valence-electron chi connectivity index (χ4n) is 0.823. The molecule has 0 aliphatic rings. The summed E-state index contributed by atoms with van der Waals surface area (Å²) in [6, 6.07) is 1.55. The largest absolute Gasteiger partial charge is 0.465 e. The average Bonchev–Trinajstić information content (AvgIpc) is 2.10. The van der Waals surface area contributed by atoms with Gasteiger partial charge in [-0.15, -0.1) is 0 Å². The van der Waals surface area contributed by atoms with Gasteiger partial charge in [-0.05, 0) is 18.6 Å². The molecule has 0 fully saturated rings. The van der Waals surface area contributed by atoms with Crippen LogP contribution in [0.5, 0.6) is 0 Å². The highest BCUT2D eigenvalue weighted by molar-refractivity contribution is 6.34. The highest BCUT2D eigenvalue weighted by Gasteiger charge is 2.13. The summed E-state index contributed by atoms with van der Waals surface area (Å²) in [5.74, 6) is -0.516. The molecule has 1 rings (SSSR count). The molecule has 0 atom stereocenters. The van der Waals surface area contributed by atoms with Crippen molar-refractivity contribution in [2.24, 2.45) is 0 Å². The lowest BCUT2D eigenvalue weighted by atomic mass is 10.2. The van der Waals surface area contributed by atoms with Crippen molar-refractivity contribution in [1.29, 1.82) is 0 Å². The zero-order valence-corrected chi connectivity index (χ0v) is 8.61. The molecule has 0 spiro atoms. The zero-order chi connectivity index (χ0) is 10.0. The van der Waals surface area contributed by atoms with E-state index in [-0.39, 0.29) is 15.9 Å². The number of esters is 1. The van der Waals surface area contributed by atoms with Crippen LogP contribution in [-0.2, 0) is 4.74 Å². The van der Waals surface area contributed by atoms with Gasteiger partial charge in [0.25, 0.3) is 0 Å². The molecule has 0 aliphatic heterocycles. The van der Waals surface area contributed by atoms with E-state index in [0.717, 1.165) is 0 Å². The molecule has 3 nitrogen and oxygen atoms in total. The highest BCUT2D eigenvalue weighted by atomic mass is 35.5. The van der Waals surface area contributed by atoms with Gasteiger partial charge in [-0.1, -0.05) is 23.2 Å². The second-order valence-corrected chi connectivity index (χ2v) is 3.14. The number of methoxy groups -OCH3 is 1. The minimum Gasteiger partial charge on any atom is -0.465 e. The van der Waals surface area contributed by atoms with Crippen molar-refractivity contribution in [3.8, 4) is 0 Å². The van der Waals surface area contributed by atoms with Crippen LogP contribution in [0, 0.1) is 6.92 Å². The number of carbonyl (C=O) groups excluding carboxylic acids is 1. The van der Waals surface area contributed by atoms with E-state index in [9.17, 15) is 4.79 Å². The van der Waals surface area contributed by atoms with Gasteiger partial charge in [0.05, 0.1) is 12.7 Å². The highest BCUT2D eigenvalue weighted by Crippen LogP contribution is 2.21. The Bertz CT molecular complexity index is 352. The number of hydrogen-bond donors (Lipinski definition) is 0. The number of pyridine rings is 1. The van der Waals surface area contributed by atoms with Crippen molar-refractivity contribution in [2.45, 2.75) is 6.92 Å². The molecule has 0 N–H and O–H groups in total. The Morgan fingerprint density at radius 2 is 2.08 bits per heavy atom. The van der Waals surface area contributed by atoms with E-state index in [2.05, 4.69) is 9.72 Å². The van der Waals surface area contributed by atoms with Crippen LogP contribution in [0.1, 0.15) is 15.9 Å². The zero-order valence-electron chi connectivity index (χ0n) is 7.10. The van der Waals surface area contributed by atoms with Crippen molar-refractivity contribution >= 4 is 29.2 Å². The number of carbonyl (C=O) groups is 1. The number of halogens is 2. The summed E-state index contributed by atoms with van der Waals surface area (Å²) in [6.07, 6.45) is 0. The summed E-state index contributed by atoms with van der Waals surface area (Å²) < 4.78 is 4.51. The van der Waals surface area contributed by atoms with Gasteiger partial charge in [0, 0.05) is 0 Å². The molecular weight excluding hydrogens is 213 g/mol. The maximum absolute atomic E-state index is 11.1. The molecule has 0 amide bonds. The van der Waals surface area contributed by atoms with Crippen molar-refractivity contribution in [3.05, 3.63) is 27.5 Å². The van der Waals surface area contributed by atoms with Crippen LogP contribution >= 0.6 is 23.2 Å². The predicted octanol–water partition coefficient (Wildman–Crippen LogP) is 2.48. The third-order valence-electron chi connectivity index (χ3n) is 1.51. The number of ether oxygens (including phenoxy) is 1. The van der Waals surface area contributed by atoms with E-state index < -0.39 is 5.97 Å². The lowest BCUT2D eigenvalue weighted by Crippen LogP contribution is -2.04. The molecule has 0 aliphatic carbocycles. The standard InChI is InChI=1S/C8H7Cl2NO2/c1-4-3-5(8(12)13-2)7(10)11-6(4)9/h3H,1-2H3. The summed E-state index contributed by atoms with van der Waals surface area (Å²) in [6.45, 7) is 1.73. The van der Waals surface area contributed by atoms with Crippen molar-refractivity contribution in [1.82, 2.24) is 4.98 Å². The Morgan fingerprint density at radius 3 is 2.62 bits per heavy atom. The van der Waals surface area contributed by atoms with Gasteiger partial charge in [0.15, 0.2) is 0 Å². The minimum absolute atomic E-state index is 0.0578. The molecule has 1 aromatic heterocycles. The third kappa shape index (κ3) is 2.11. The maximum atomic E-state index is 11.1. The minimum atomic E-state index is -0.516. The number of aryl methyl sites for hydroxylation is 1. The lowest BCUT2D eigenvalue weighted by molar-refractivity contribution is 0.0600. The Morgan fingerprint density at radius 1 is 1.46 bits per heavy atom. The topological polar surface area (TPSA) is 39.2 Å². The van der Waals surface area contributed by atoms with Crippen molar-refractivity contribution in [3.63, 3.8) is 0 Å². The van der Waals surface area contributed by atoms with E-state index in [1.54, 1.807) is 13.0 Å². The summed E-state index contributed by atoms with van der Waals surface area (Å²) in [7, 11) is 1.28. The maximum Gasteiger partial charge on any atom is 0.341 e. The summed E-state index contributed by atoms with van der Waals surface area (Å²) in [4.78, 5) is 14.9. The first-order valence-electron chi connectivity index (χ1n) is 3.47.